The molecule has 16 heavy (non-hydrogen) atoms. The maximum absolute atomic E-state index is 12.4. The monoisotopic (exact) mass is 232 g/mol. The van der Waals surface area contributed by atoms with Gasteiger partial charge in [0.15, 0.2) is 0 Å². The number of rotatable bonds is 3. The Morgan fingerprint density at radius 2 is 2.06 bits per heavy atom. The van der Waals surface area contributed by atoms with Gasteiger partial charge in [0.2, 0.25) is 5.91 Å². The van der Waals surface area contributed by atoms with Gasteiger partial charge in [0.25, 0.3) is 6.43 Å². The van der Waals surface area contributed by atoms with E-state index >= 15 is 0 Å². The lowest BCUT2D eigenvalue weighted by Crippen LogP contribution is -2.44. The van der Waals surface area contributed by atoms with Crippen LogP contribution in [-0.4, -0.2) is 36.0 Å². The molecule has 1 amide bonds. The third kappa shape index (κ3) is 2.19. The number of halogens is 2. The Kier molecular flexibility index (Phi) is 3.42. The molecule has 1 saturated heterocycles. The number of hydrogen-bond donors (Lipinski definition) is 1. The summed E-state index contributed by atoms with van der Waals surface area (Å²) >= 11 is 0. The van der Waals surface area contributed by atoms with Crippen LogP contribution in [0.5, 0.6) is 0 Å². The highest BCUT2D eigenvalue weighted by atomic mass is 19.3. The Balaban J connectivity index is 2.06. The van der Waals surface area contributed by atoms with Crippen molar-refractivity contribution in [3.63, 3.8) is 0 Å². The van der Waals surface area contributed by atoms with E-state index in [1.807, 2.05) is 0 Å². The first-order valence-corrected chi connectivity index (χ1v) is 5.94. The van der Waals surface area contributed by atoms with E-state index in [2.05, 4.69) is 5.32 Å². The molecular formula is C11H18F2N2O. The standard InChI is InChI=1S/C11H18F2N2O/c1-7-11(16)15(6-9(12)13)10(14-7)8-4-2-3-5-8/h7-10,14H,2-6H2,1H3. The van der Waals surface area contributed by atoms with Gasteiger partial charge >= 0.3 is 0 Å². The normalized spacial score (nSPS) is 32.0. The van der Waals surface area contributed by atoms with Crippen LogP contribution in [0.4, 0.5) is 8.78 Å². The fraction of sp³-hybridized carbons (Fsp3) is 0.909. The van der Waals surface area contributed by atoms with Crippen molar-refractivity contribution in [1.29, 1.82) is 0 Å². The molecule has 2 fully saturated rings. The van der Waals surface area contributed by atoms with Crippen molar-refractivity contribution in [2.75, 3.05) is 6.54 Å². The number of nitrogens with one attached hydrogen (secondary N) is 1. The molecule has 3 nitrogen and oxygen atoms in total. The fourth-order valence-corrected chi connectivity index (χ4v) is 2.82. The number of carbonyl (C=O) groups is 1. The van der Waals surface area contributed by atoms with E-state index in [4.69, 9.17) is 0 Å². The summed E-state index contributed by atoms with van der Waals surface area (Å²) in [5, 5.41) is 3.14. The highest BCUT2D eigenvalue weighted by Gasteiger charge is 2.42. The average molecular weight is 232 g/mol. The van der Waals surface area contributed by atoms with E-state index < -0.39 is 13.0 Å². The Labute approximate surface area is 94.2 Å². The Bertz CT molecular complexity index is 267. The van der Waals surface area contributed by atoms with Crippen molar-refractivity contribution in [3.05, 3.63) is 0 Å². The summed E-state index contributed by atoms with van der Waals surface area (Å²) in [6.07, 6.45) is 1.76. The van der Waals surface area contributed by atoms with Crippen LogP contribution < -0.4 is 5.32 Å². The molecule has 2 rings (SSSR count). The summed E-state index contributed by atoms with van der Waals surface area (Å²) in [5.74, 6) is 0.171. The van der Waals surface area contributed by atoms with Gasteiger partial charge in [-0.25, -0.2) is 8.78 Å². The molecule has 0 radical (unpaired) electrons. The molecular weight excluding hydrogens is 214 g/mol. The van der Waals surface area contributed by atoms with Crippen LogP contribution in [0, 0.1) is 5.92 Å². The van der Waals surface area contributed by atoms with Crippen molar-refractivity contribution < 1.29 is 13.6 Å². The molecule has 1 saturated carbocycles. The lowest BCUT2D eigenvalue weighted by Gasteiger charge is -2.28. The van der Waals surface area contributed by atoms with Crippen molar-refractivity contribution in [1.82, 2.24) is 10.2 Å². The predicted octanol–water partition coefficient (Wildman–Crippen LogP) is 1.59. The first-order chi connectivity index (χ1) is 7.59. The van der Waals surface area contributed by atoms with Gasteiger partial charge in [-0.05, 0) is 25.7 Å². The summed E-state index contributed by atoms with van der Waals surface area (Å²) in [5.41, 5.74) is 0. The molecule has 92 valence electrons. The summed E-state index contributed by atoms with van der Waals surface area (Å²) in [4.78, 5) is 13.1. The third-order valence-electron chi connectivity index (χ3n) is 3.59. The van der Waals surface area contributed by atoms with Gasteiger partial charge in [0.1, 0.15) is 0 Å². The molecule has 0 aromatic heterocycles. The number of carbonyl (C=O) groups excluding carboxylic acids is 1. The van der Waals surface area contributed by atoms with E-state index in [9.17, 15) is 13.6 Å². The topological polar surface area (TPSA) is 32.3 Å². The van der Waals surface area contributed by atoms with Crippen molar-refractivity contribution in [2.24, 2.45) is 5.92 Å². The van der Waals surface area contributed by atoms with Crippen LogP contribution in [0.1, 0.15) is 32.6 Å². The first-order valence-electron chi connectivity index (χ1n) is 5.94. The second-order valence-corrected chi connectivity index (χ2v) is 4.76. The van der Waals surface area contributed by atoms with Gasteiger partial charge in [0.05, 0.1) is 18.8 Å². The zero-order valence-corrected chi connectivity index (χ0v) is 9.46. The molecule has 0 spiro atoms. The maximum Gasteiger partial charge on any atom is 0.255 e. The lowest BCUT2D eigenvalue weighted by molar-refractivity contribution is -0.132. The van der Waals surface area contributed by atoms with E-state index in [1.165, 1.54) is 4.90 Å². The Morgan fingerprint density at radius 1 is 1.44 bits per heavy atom. The third-order valence-corrected chi connectivity index (χ3v) is 3.59. The average Bonchev–Trinajstić information content (AvgIpc) is 2.81. The first kappa shape index (κ1) is 11.8. The molecule has 2 atom stereocenters. The summed E-state index contributed by atoms with van der Waals surface area (Å²) < 4.78 is 24.9. The van der Waals surface area contributed by atoms with Crippen LogP contribution in [-0.2, 0) is 4.79 Å². The van der Waals surface area contributed by atoms with Gasteiger partial charge in [0, 0.05) is 0 Å². The smallest absolute Gasteiger partial charge is 0.255 e. The quantitative estimate of drug-likeness (QED) is 0.801. The maximum atomic E-state index is 12.4. The second-order valence-electron chi connectivity index (χ2n) is 4.76. The summed E-state index contributed by atoms with van der Waals surface area (Å²) in [6, 6.07) is -0.315. The molecule has 0 aromatic rings. The highest BCUT2D eigenvalue weighted by Crippen LogP contribution is 2.32. The van der Waals surface area contributed by atoms with E-state index in [0.29, 0.717) is 5.92 Å². The van der Waals surface area contributed by atoms with Crippen LogP contribution in [0.25, 0.3) is 0 Å². The Morgan fingerprint density at radius 3 is 2.62 bits per heavy atom. The van der Waals surface area contributed by atoms with E-state index in [-0.39, 0.29) is 18.1 Å². The molecule has 2 unspecified atom stereocenters. The van der Waals surface area contributed by atoms with Gasteiger partial charge in [-0.15, -0.1) is 0 Å². The van der Waals surface area contributed by atoms with Crippen molar-refractivity contribution in [3.8, 4) is 0 Å². The lowest BCUT2D eigenvalue weighted by atomic mass is 10.0. The SMILES string of the molecule is CC1NC(C2CCCC2)N(CC(F)F)C1=O. The zero-order valence-electron chi connectivity index (χ0n) is 9.46. The van der Waals surface area contributed by atoms with Crippen molar-refractivity contribution in [2.45, 2.75) is 51.2 Å². The predicted molar refractivity (Wildman–Crippen MR) is 56.1 cm³/mol. The summed E-state index contributed by atoms with van der Waals surface area (Å²) in [7, 11) is 0. The van der Waals surface area contributed by atoms with Crippen LogP contribution in [0.2, 0.25) is 0 Å². The molecule has 5 heteroatoms. The minimum absolute atomic E-state index is 0.168. The molecule has 1 aliphatic carbocycles. The van der Waals surface area contributed by atoms with E-state index in [0.717, 1.165) is 25.7 Å². The molecule has 1 aliphatic heterocycles. The van der Waals surface area contributed by atoms with Gasteiger partial charge < -0.3 is 4.90 Å². The minimum atomic E-state index is -2.44. The second kappa shape index (κ2) is 4.65. The summed E-state index contributed by atoms with van der Waals surface area (Å²) in [6.45, 7) is 1.31. The molecule has 2 aliphatic rings. The van der Waals surface area contributed by atoms with Crippen LogP contribution >= 0.6 is 0 Å². The molecule has 0 aromatic carbocycles. The molecule has 1 heterocycles. The minimum Gasteiger partial charge on any atom is -0.320 e. The molecule has 1 N–H and O–H groups in total. The number of nitrogens with zero attached hydrogens (tertiary/aromatic N) is 1. The van der Waals surface area contributed by atoms with Crippen LogP contribution in [0.15, 0.2) is 0 Å². The Hall–Kier alpha value is -0.710. The number of amides is 1. The van der Waals surface area contributed by atoms with Gasteiger partial charge in [-0.3, -0.25) is 10.1 Å². The van der Waals surface area contributed by atoms with Crippen molar-refractivity contribution >= 4 is 5.91 Å². The number of alkyl halides is 2. The zero-order chi connectivity index (χ0) is 11.7. The van der Waals surface area contributed by atoms with Crippen LogP contribution in [0.3, 0.4) is 0 Å². The van der Waals surface area contributed by atoms with Gasteiger partial charge in [-0.1, -0.05) is 12.8 Å². The largest absolute Gasteiger partial charge is 0.320 e. The number of hydrogen-bond acceptors (Lipinski definition) is 2. The molecule has 0 bridgehead atoms. The highest BCUT2D eigenvalue weighted by molar-refractivity contribution is 5.84. The van der Waals surface area contributed by atoms with E-state index in [1.54, 1.807) is 6.92 Å². The fourth-order valence-electron chi connectivity index (χ4n) is 2.82. The van der Waals surface area contributed by atoms with Gasteiger partial charge in [-0.2, -0.15) is 0 Å².